The molecule has 0 saturated heterocycles. The zero-order chi connectivity index (χ0) is 14.4. The molecule has 0 radical (unpaired) electrons. The number of rotatable bonds is 1. The molecule has 0 heterocycles. The van der Waals surface area contributed by atoms with Gasteiger partial charge < -0.3 is 5.73 Å². The molecule has 0 amide bonds. The van der Waals surface area contributed by atoms with Gasteiger partial charge >= 0.3 is 0 Å². The van der Waals surface area contributed by atoms with E-state index in [1.165, 1.54) is 0 Å². The molecule has 0 saturated carbocycles. The number of carbonyl (C=O) groups excluding carboxylic acids is 2. The van der Waals surface area contributed by atoms with Crippen LogP contribution in [-0.4, -0.2) is 11.6 Å². The summed E-state index contributed by atoms with van der Waals surface area (Å²) in [6.07, 6.45) is 0. The average Bonchev–Trinajstić information content (AvgIpc) is 2.44. The highest BCUT2D eigenvalue weighted by atomic mass is 16.1. The Morgan fingerprint density at radius 1 is 0.850 bits per heavy atom. The summed E-state index contributed by atoms with van der Waals surface area (Å²) in [6, 6.07) is 10.5. The number of benzene rings is 2. The van der Waals surface area contributed by atoms with E-state index < -0.39 is 0 Å². The number of anilines is 1. The Morgan fingerprint density at radius 3 is 2.05 bits per heavy atom. The zero-order valence-electron chi connectivity index (χ0n) is 11.4. The van der Waals surface area contributed by atoms with Crippen molar-refractivity contribution >= 4 is 17.3 Å². The van der Waals surface area contributed by atoms with Gasteiger partial charge in [-0.2, -0.15) is 0 Å². The van der Waals surface area contributed by atoms with E-state index >= 15 is 0 Å². The van der Waals surface area contributed by atoms with Crippen LogP contribution >= 0.6 is 0 Å². The molecule has 2 N–H and O–H groups in total. The molecule has 1 aliphatic carbocycles. The quantitative estimate of drug-likeness (QED) is 0.687. The van der Waals surface area contributed by atoms with E-state index in [0.29, 0.717) is 27.9 Å². The Balaban J connectivity index is 2.31. The van der Waals surface area contributed by atoms with Gasteiger partial charge in [-0.1, -0.05) is 44.2 Å². The van der Waals surface area contributed by atoms with Gasteiger partial charge in [0.15, 0.2) is 11.6 Å². The van der Waals surface area contributed by atoms with E-state index in [-0.39, 0.29) is 17.5 Å². The number of nitrogens with two attached hydrogens (primary N) is 1. The van der Waals surface area contributed by atoms with Crippen molar-refractivity contribution in [3.05, 3.63) is 64.2 Å². The third-order valence-corrected chi connectivity index (χ3v) is 3.79. The molecule has 3 rings (SSSR count). The van der Waals surface area contributed by atoms with Crippen molar-refractivity contribution in [3.8, 4) is 0 Å². The first-order chi connectivity index (χ1) is 9.52. The van der Waals surface area contributed by atoms with Crippen LogP contribution < -0.4 is 5.73 Å². The second-order valence-electron chi connectivity index (χ2n) is 5.35. The minimum absolute atomic E-state index is 0.128. The molecule has 0 aromatic heterocycles. The van der Waals surface area contributed by atoms with Crippen LogP contribution in [0.25, 0.3) is 0 Å². The lowest BCUT2D eigenvalue weighted by atomic mass is 9.81. The Morgan fingerprint density at radius 2 is 1.45 bits per heavy atom. The predicted molar refractivity (Wildman–Crippen MR) is 78.3 cm³/mol. The highest BCUT2D eigenvalue weighted by Gasteiger charge is 2.31. The Labute approximate surface area is 117 Å². The normalized spacial score (nSPS) is 13.3. The third kappa shape index (κ3) is 1.59. The zero-order valence-corrected chi connectivity index (χ0v) is 11.4. The molecule has 2 aromatic carbocycles. The number of nitrogen functional groups attached to an aromatic ring is 1. The van der Waals surface area contributed by atoms with Crippen molar-refractivity contribution in [2.24, 2.45) is 0 Å². The summed E-state index contributed by atoms with van der Waals surface area (Å²) < 4.78 is 0. The average molecular weight is 265 g/mol. The largest absolute Gasteiger partial charge is 0.398 e. The lowest BCUT2D eigenvalue weighted by molar-refractivity contribution is 0.0979. The van der Waals surface area contributed by atoms with Crippen LogP contribution in [0.3, 0.4) is 0 Å². The topological polar surface area (TPSA) is 60.2 Å². The van der Waals surface area contributed by atoms with Gasteiger partial charge in [0.2, 0.25) is 0 Å². The number of hydrogen-bond donors (Lipinski definition) is 1. The number of fused-ring (bicyclic) bond motifs is 2. The first kappa shape index (κ1) is 12.6. The van der Waals surface area contributed by atoms with E-state index in [2.05, 4.69) is 0 Å². The molecule has 0 aliphatic heterocycles. The fourth-order valence-corrected chi connectivity index (χ4v) is 2.73. The molecule has 100 valence electrons. The first-order valence-electron chi connectivity index (χ1n) is 6.63. The van der Waals surface area contributed by atoms with E-state index in [9.17, 15) is 9.59 Å². The van der Waals surface area contributed by atoms with Gasteiger partial charge in [0, 0.05) is 22.4 Å². The van der Waals surface area contributed by atoms with Crippen molar-refractivity contribution in [1.29, 1.82) is 0 Å². The molecule has 0 fully saturated rings. The maximum absolute atomic E-state index is 12.6. The van der Waals surface area contributed by atoms with Gasteiger partial charge in [0.1, 0.15) is 0 Å². The second-order valence-corrected chi connectivity index (χ2v) is 5.35. The highest BCUT2D eigenvalue weighted by molar-refractivity contribution is 6.30. The van der Waals surface area contributed by atoms with Gasteiger partial charge in [-0.15, -0.1) is 0 Å². The van der Waals surface area contributed by atoms with Crippen molar-refractivity contribution in [1.82, 2.24) is 0 Å². The van der Waals surface area contributed by atoms with E-state index in [1.54, 1.807) is 30.3 Å². The fourth-order valence-electron chi connectivity index (χ4n) is 2.73. The van der Waals surface area contributed by atoms with Crippen LogP contribution in [0, 0.1) is 0 Å². The van der Waals surface area contributed by atoms with Gasteiger partial charge in [-0.05, 0) is 17.5 Å². The summed E-state index contributed by atoms with van der Waals surface area (Å²) in [7, 11) is 0. The smallest absolute Gasteiger partial charge is 0.196 e. The number of carbonyl (C=O) groups is 2. The van der Waals surface area contributed by atoms with Gasteiger partial charge in [-0.3, -0.25) is 9.59 Å². The maximum atomic E-state index is 12.6. The van der Waals surface area contributed by atoms with E-state index in [4.69, 9.17) is 5.73 Å². The Hall–Kier alpha value is -2.42. The third-order valence-electron chi connectivity index (χ3n) is 3.79. The monoisotopic (exact) mass is 265 g/mol. The molecule has 0 atom stereocenters. The minimum Gasteiger partial charge on any atom is -0.398 e. The van der Waals surface area contributed by atoms with Gasteiger partial charge in [-0.25, -0.2) is 0 Å². The van der Waals surface area contributed by atoms with Gasteiger partial charge in [0.25, 0.3) is 0 Å². The molecule has 0 spiro atoms. The van der Waals surface area contributed by atoms with Crippen LogP contribution in [0.5, 0.6) is 0 Å². The van der Waals surface area contributed by atoms with Crippen LogP contribution in [0.1, 0.15) is 57.2 Å². The van der Waals surface area contributed by atoms with E-state index in [1.807, 2.05) is 19.9 Å². The highest BCUT2D eigenvalue weighted by Crippen LogP contribution is 2.34. The van der Waals surface area contributed by atoms with Crippen molar-refractivity contribution in [3.63, 3.8) is 0 Å². The Bertz CT molecular complexity index is 745. The summed E-state index contributed by atoms with van der Waals surface area (Å²) in [5, 5.41) is 0. The SMILES string of the molecule is CC(C)c1ccc2c(c1N)C(=O)c1ccccc1C2=O. The molecule has 0 unspecified atom stereocenters. The summed E-state index contributed by atoms with van der Waals surface area (Å²) in [5.41, 5.74) is 9.16. The van der Waals surface area contributed by atoms with Crippen LogP contribution in [-0.2, 0) is 0 Å². The summed E-state index contributed by atoms with van der Waals surface area (Å²) in [6.45, 7) is 4.03. The lowest BCUT2D eigenvalue weighted by Crippen LogP contribution is -2.23. The second kappa shape index (κ2) is 4.30. The van der Waals surface area contributed by atoms with Crippen LogP contribution in [0.4, 0.5) is 5.69 Å². The minimum atomic E-state index is -0.157. The van der Waals surface area contributed by atoms with Crippen molar-refractivity contribution in [2.45, 2.75) is 19.8 Å². The first-order valence-corrected chi connectivity index (χ1v) is 6.63. The standard InChI is InChI=1S/C17H15NO2/c1-9(2)10-7-8-13-14(15(10)18)17(20)12-6-4-3-5-11(12)16(13)19/h3-9H,18H2,1-2H3. The molecular formula is C17H15NO2. The van der Waals surface area contributed by atoms with Gasteiger partial charge in [0.05, 0.1) is 5.56 Å². The molecular weight excluding hydrogens is 250 g/mol. The van der Waals surface area contributed by atoms with Crippen LogP contribution in [0.2, 0.25) is 0 Å². The molecule has 1 aliphatic rings. The van der Waals surface area contributed by atoms with E-state index in [0.717, 1.165) is 5.56 Å². The molecule has 3 nitrogen and oxygen atoms in total. The lowest BCUT2D eigenvalue weighted by Gasteiger charge is -2.21. The molecule has 20 heavy (non-hydrogen) atoms. The molecule has 2 aromatic rings. The predicted octanol–water partition coefficient (Wildman–Crippen LogP) is 3.17. The fraction of sp³-hybridized carbons (Fsp3) is 0.176. The number of ketones is 2. The number of hydrogen-bond acceptors (Lipinski definition) is 3. The summed E-state index contributed by atoms with van der Waals surface area (Å²) >= 11 is 0. The maximum Gasteiger partial charge on any atom is 0.196 e. The van der Waals surface area contributed by atoms with Crippen molar-refractivity contribution in [2.75, 3.05) is 5.73 Å². The summed E-state index contributed by atoms with van der Waals surface area (Å²) in [5.74, 6) is -0.0761. The van der Waals surface area contributed by atoms with Crippen molar-refractivity contribution < 1.29 is 9.59 Å². The summed E-state index contributed by atoms with van der Waals surface area (Å²) in [4.78, 5) is 25.1. The molecule has 3 heteroatoms. The molecule has 0 bridgehead atoms. The Kier molecular flexibility index (Phi) is 2.71. The van der Waals surface area contributed by atoms with Crippen LogP contribution in [0.15, 0.2) is 36.4 Å².